The summed E-state index contributed by atoms with van der Waals surface area (Å²) >= 11 is 1.48. The van der Waals surface area contributed by atoms with E-state index in [9.17, 15) is 13.2 Å². The number of carbonyl (C=O) groups is 1. The van der Waals surface area contributed by atoms with Crippen molar-refractivity contribution < 1.29 is 17.9 Å². The predicted octanol–water partition coefficient (Wildman–Crippen LogP) is 4.55. The molecule has 1 fully saturated rings. The third-order valence-electron chi connectivity index (χ3n) is 6.32. The molecule has 1 aliphatic heterocycles. The first-order valence-corrected chi connectivity index (χ1v) is 14.0. The number of aromatic nitrogens is 1. The monoisotopic (exact) mass is 513 g/mol. The quantitative estimate of drug-likeness (QED) is 0.434. The summed E-state index contributed by atoms with van der Waals surface area (Å²) in [5.74, 6) is 0.224. The van der Waals surface area contributed by atoms with E-state index in [-0.39, 0.29) is 17.3 Å². The molecule has 0 aliphatic carbocycles. The second-order valence-electron chi connectivity index (χ2n) is 8.99. The van der Waals surface area contributed by atoms with Gasteiger partial charge in [0.1, 0.15) is 5.75 Å². The van der Waals surface area contributed by atoms with E-state index in [0.29, 0.717) is 42.4 Å². The lowest BCUT2D eigenvalue weighted by Crippen LogP contribution is -2.42. The molecule has 186 valence electrons. The molecule has 1 atom stereocenters. The lowest BCUT2D eigenvalue weighted by molar-refractivity contribution is -0.122. The lowest BCUT2D eigenvalue weighted by atomic mass is 9.99. The third-order valence-corrected chi connectivity index (χ3v) is 9.24. The number of benzene rings is 2. The van der Waals surface area contributed by atoms with Crippen LogP contribution in [0.25, 0.3) is 10.2 Å². The van der Waals surface area contributed by atoms with Crippen LogP contribution in [-0.4, -0.2) is 43.4 Å². The smallest absolute Gasteiger partial charge is 0.252 e. The van der Waals surface area contributed by atoms with Gasteiger partial charge in [0, 0.05) is 19.6 Å². The van der Waals surface area contributed by atoms with Gasteiger partial charge in [0.15, 0.2) is 4.80 Å². The molecule has 1 aliphatic rings. The van der Waals surface area contributed by atoms with Gasteiger partial charge in [-0.05, 0) is 60.7 Å². The summed E-state index contributed by atoms with van der Waals surface area (Å²) in [5, 5.41) is 0. The topological polar surface area (TPSA) is 81.0 Å². The van der Waals surface area contributed by atoms with Crippen LogP contribution >= 0.6 is 11.3 Å². The van der Waals surface area contributed by atoms with Crippen LogP contribution in [0, 0.1) is 5.92 Å². The highest BCUT2D eigenvalue weighted by atomic mass is 32.2. The van der Waals surface area contributed by atoms with Gasteiger partial charge in [0.05, 0.1) is 28.1 Å². The number of methoxy groups -OCH3 is 1. The van der Waals surface area contributed by atoms with Crippen LogP contribution in [0.3, 0.4) is 0 Å². The van der Waals surface area contributed by atoms with Crippen LogP contribution < -0.4 is 9.54 Å². The predicted molar refractivity (Wildman–Crippen MR) is 139 cm³/mol. The largest absolute Gasteiger partial charge is 0.497 e. The minimum absolute atomic E-state index is 0.126. The van der Waals surface area contributed by atoms with Crippen molar-refractivity contribution in [2.75, 3.05) is 20.2 Å². The summed E-state index contributed by atoms with van der Waals surface area (Å²) in [6.45, 7) is 9.20. The van der Waals surface area contributed by atoms with Crippen molar-refractivity contribution in [3.8, 4) is 5.75 Å². The summed E-state index contributed by atoms with van der Waals surface area (Å²) in [4.78, 5) is 18.5. The van der Waals surface area contributed by atoms with Gasteiger partial charge < -0.3 is 9.30 Å². The van der Waals surface area contributed by atoms with E-state index >= 15 is 0 Å². The van der Waals surface area contributed by atoms with E-state index in [1.165, 1.54) is 40.4 Å². The van der Waals surface area contributed by atoms with Crippen LogP contribution in [-0.2, 0) is 21.4 Å². The highest BCUT2D eigenvalue weighted by Gasteiger charge is 2.33. The van der Waals surface area contributed by atoms with Gasteiger partial charge in [-0.3, -0.25) is 4.79 Å². The Morgan fingerprint density at radius 2 is 2.00 bits per heavy atom. The zero-order valence-corrected chi connectivity index (χ0v) is 21.9. The van der Waals surface area contributed by atoms with Crippen LogP contribution in [0.2, 0.25) is 0 Å². The fourth-order valence-corrected chi connectivity index (χ4v) is 6.90. The first-order chi connectivity index (χ1) is 16.7. The second-order valence-corrected chi connectivity index (χ2v) is 11.9. The molecule has 1 aromatic heterocycles. The number of nitrogens with zero attached hydrogens (tertiary/aromatic N) is 3. The number of hydrogen-bond donors (Lipinski definition) is 0. The molecular weight excluding hydrogens is 482 g/mol. The van der Waals surface area contributed by atoms with Crippen LogP contribution in [0.1, 0.15) is 38.2 Å². The molecule has 0 bridgehead atoms. The molecule has 2 heterocycles. The van der Waals surface area contributed by atoms with Gasteiger partial charge in [-0.15, -0.1) is 6.58 Å². The average Bonchev–Trinajstić information content (AvgIpc) is 3.20. The highest BCUT2D eigenvalue weighted by molar-refractivity contribution is 7.89. The third kappa shape index (κ3) is 5.27. The number of piperidine rings is 1. The van der Waals surface area contributed by atoms with E-state index in [1.807, 2.05) is 4.57 Å². The van der Waals surface area contributed by atoms with Gasteiger partial charge in [0.25, 0.3) is 5.91 Å². The Hall–Kier alpha value is -2.75. The van der Waals surface area contributed by atoms with Gasteiger partial charge in [-0.2, -0.15) is 9.30 Å². The number of amides is 1. The molecule has 7 nitrogen and oxygen atoms in total. The lowest BCUT2D eigenvalue weighted by Gasteiger charge is -2.30. The molecular formula is C26H31N3O4S2. The Morgan fingerprint density at radius 3 is 2.66 bits per heavy atom. The molecule has 0 radical (unpaired) electrons. The Labute approximate surface area is 210 Å². The molecule has 2 aromatic carbocycles. The standard InChI is InChI=1S/C26H31N3O4S2/c1-5-14-29-23-13-8-19(18(2)3)16-24(23)34-26(29)27-25(30)20-7-6-15-28(17-20)35(31,32)22-11-9-21(33-4)10-12-22/h5,8-13,16,18,20H,1,6-7,14-15,17H2,2-4H3. The Kier molecular flexibility index (Phi) is 7.59. The number of thiazole rings is 1. The van der Waals surface area contributed by atoms with Crippen molar-refractivity contribution in [2.45, 2.75) is 44.0 Å². The number of carbonyl (C=O) groups excluding carboxylic acids is 1. The van der Waals surface area contributed by atoms with Crippen molar-refractivity contribution in [1.29, 1.82) is 0 Å². The zero-order valence-electron chi connectivity index (χ0n) is 20.3. The Bertz CT molecular complexity index is 1400. The second kappa shape index (κ2) is 10.5. The van der Waals surface area contributed by atoms with Crippen LogP contribution in [0.4, 0.5) is 0 Å². The minimum atomic E-state index is -3.71. The van der Waals surface area contributed by atoms with Crippen molar-refractivity contribution in [3.63, 3.8) is 0 Å². The number of fused-ring (bicyclic) bond motifs is 1. The van der Waals surface area contributed by atoms with Crippen LogP contribution in [0.5, 0.6) is 5.75 Å². The van der Waals surface area contributed by atoms with Crippen molar-refractivity contribution in [3.05, 3.63) is 65.5 Å². The first-order valence-electron chi connectivity index (χ1n) is 11.7. The number of sulfonamides is 1. The van der Waals surface area contributed by atoms with Gasteiger partial charge in [-0.1, -0.05) is 37.3 Å². The maximum atomic E-state index is 13.2. The van der Waals surface area contributed by atoms with E-state index < -0.39 is 15.9 Å². The van der Waals surface area contributed by atoms with E-state index in [0.717, 1.165) is 10.2 Å². The first kappa shape index (κ1) is 25.3. The summed E-state index contributed by atoms with van der Waals surface area (Å²) < 4.78 is 36.0. The number of hydrogen-bond acceptors (Lipinski definition) is 5. The normalized spacial score (nSPS) is 17.7. The Balaban J connectivity index is 1.62. The maximum absolute atomic E-state index is 13.2. The van der Waals surface area contributed by atoms with Gasteiger partial charge >= 0.3 is 0 Å². The van der Waals surface area contributed by atoms with Crippen molar-refractivity contribution in [1.82, 2.24) is 8.87 Å². The fourth-order valence-electron chi connectivity index (χ4n) is 4.28. The molecule has 1 saturated heterocycles. The molecule has 1 unspecified atom stereocenters. The van der Waals surface area contributed by atoms with Crippen molar-refractivity contribution in [2.24, 2.45) is 10.9 Å². The molecule has 0 spiro atoms. The molecule has 3 aromatic rings. The molecule has 35 heavy (non-hydrogen) atoms. The highest BCUT2D eigenvalue weighted by Crippen LogP contribution is 2.27. The summed E-state index contributed by atoms with van der Waals surface area (Å²) in [5.41, 5.74) is 2.24. The molecule has 0 N–H and O–H groups in total. The van der Waals surface area contributed by atoms with E-state index in [1.54, 1.807) is 18.2 Å². The number of rotatable bonds is 7. The molecule has 0 saturated carbocycles. The SMILES string of the molecule is C=CCn1c(=NC(=O)C2CCCN(S(=O)(=O)c3ccc(OC)cc3)C2)sc2cc(C(C)C)ccc21. The number of allylic oxidation sites excluding steroid dienone is 1. The van der Waals surface area contributed by atoms with E-state index in [2.05, 4.69) is 43.6 Å². The number of ether oxygens (including phenoxy) is 1. The molecule has 1 amide bonds. The van der Waals surface area contributed by atoms with Gasteiger partial charge in [-0.25, -0.2) is 8.42 Å². The summed E-state index contributed by atoms with van der Waals surface area (Å²) in [6, 6.07) is 12.6. The minimum Gasteiger partial charge on any atom is -0.497 e. The zero-order chi connectivity index (χ0) is 25.2. The molecule has 4 rings (SSSR count). The molecule has 9 heteroatoms. The summed E-state index contributed by atoms with van der Waals surface area (Å²) in [7, 11) is -2.17. The fraction of sp³-hybridized carbons (Fsp3) is 0.385. The maximum Gasteiger partial charge on any atom is 0.252 e. The van der Waals surface area contributed by atoms with Crippen LogP contribution in [0.15, 0.2) is 65.0 Å². The van der Waals surface area contributed by atoms with Gasteiger partial charge in [0.2, 0.25) is 10.0 Å². The summed E-state index contributed by atoms with van der Waals surface area (Å²) in [6.07, 6.45) is 3.01. The van der Waals surface area contributed by atoms with Crippen molar-refractivity contribution >= 4 is 37.5 Å². The Morgan fingerprint density at radius 1 is 1.26 bits per heavy atom. The van der Waals surface area contributed by atoms with E-state index in [4.69, 9.17) is 4.74 Å². The average molecular weight is 514 g/mol.